The summed E-state index contributed by atoms with van der Waals surface area (Å²) >= 11 is 0. The van der Waals surface area contributed by atoms with Crippen LogP contribution in [0.1, 0.15) is 17.7 Å². The fourth-order valence-corrected chi connectivity index (χ4v) is 6.15. The molecule has 0 saturated heterocycles. The Hall–Kier alpha value is -4.96. The predicted octanol–water partition coefficient (Wildman–Crippen LogP) is 8.97. The van der Waals surface area contributed by atoms with Crippen molar-refractivity contribution in [3.05, 3.63) is 151 Å². The summed E-state index contributed by atoms with van der Waals surface area (Å²) in [6.07, 6.45) is 8.49. The molecular weight excluding hydrogens is 985 g/mol. The Morgan fingerprint density at radius 1 is 0.540 bits per heavy atom. The van der Waals surface area contributed by atoms with E-state index in [-0.39, 0.29) is 42.1 Å². The van der Waals surface area contributed by atoms with E-state index >= 15 is 0 Å². The van der Waals surface area contributed by atoms with Crippen molar-refractivity contribution >= 4 is 21.8 Å². The Morgan fingerprint density at radius 3 is 1.64 bits per heavy atom. The quantitative estimate of drug-likeness (QED) is 0.149. The first-order valence-electron chi connectivity index (χ1n) is 15.8. The summed E-state index contributed by atoms with van der Waals surface area (Å²) < 4.78 is 14.6. The second kappa shape index (κ2) is 14.5. The molecule has 1 aliphatic rings. The summed E-state index contributed by atoms with van der Waals surface area (Å²) in [5.74, 6) is 2.78. The van der Waals surface area contributed by atoms with E-state index in [4.69, 9.17) is 19.4 Å². The van der Waals surface area contributed by atoms with E-state index in [9.17, 15) is 0 Å². The van der Waals surface area contributed by atoms with Crippen LogP contribution in [0.25, 0.3) is 50.3 Å². The molecule has 0 aliphatic heterocycles. The largest absolute Gasteiger partial charge is 2.00 e. The number of hydrogen-bond acceptors (Lipinski definition) is 6. The molecule has 0 fully saturated rings. The first-order valence-corrected chi connectivity index (χ1v) is 15.8. The van der Waals surface area contributed by atoms with Crippen molar-refractivity contribution in [2.75, 3.05) is 0 Å². The van der Waals surface area contributed by atoms with Crippen LogP contribution in [0.15, 0.2) is 116 Å². The third kappa shape index (κ3) is 6.52. The number of nitrogens with zero attached hydrogens (tertiary/aromatic N) is 5. The van der Waals surface area contributed by atoms with Crippen LogP contribution in [0.3, 0.4) is 0 Å². The number of aromatic nitrogens is 5. The summed E-state index contributed by atoms with van der Waals surface area (Å²) in [6, 6.07) is 44.7. The summed E-state index contributed by atoms with van der Waals surface area (Å²) in [4.78, 5) is 18.7. The van der Waals surface area contributed by atoms with Crippen LogP contribution in [-0.2, 0) is 55.0 Å². The van der Waals surface area contributed by atoms with Crippen molar-refractivity contribution in [2.45, 2.75) is 19.3 Å². The van der Waals surface area contributed by atoms with Gasteiger partial charge in [0.05, 0.1) is 0 Å². The molecular formula is C41H25N5O2Pt2. The van der Waals surface area contributed by atoms with Crippen molar-refractivity contribution in [3.63, 3.8) is 0 Å². The Morgan fingerprint density at radius 2 is 1.10 bits per heavy atom. The zero-order valence-corrected chi connectivity index (χ0v) is 30.8. The van der Waals surface area contributed by atoms with Crippen molar-refractivity contribution in [2.24, 2.45) is 0 Å². The minimum atomic E-state index is 0. The van der Waals surface area contributed by atoms with Gasteiger partial charge in [-0.25, -0.2) is 9.97 Å². The molecule has 0 unspecified atom stereocenters. The third-order valence-corrected chi connectivity index (χ3v) is 8.39. The molecule has 0 N–H and O–H groups in total. The van der Waals surface area contributed by atoms with Gasteiger partial charge < -0.3 is 24.0 Å². The standard InChI is InChI=1S/C41H25N5O2.2Pt/c1-3-20-42-36(13-1)27-8-5-11-30(22-27)47-32-16-18-34-35-19-17-33(48-31-12-6-9-28(23-31)37-14-2-4-21-43-37)25-40(35)46(39(34)24-32)41-44-26-29-10-7-15-38(29)45-41;;/h1-6,8-9,11-14,16-21,26H,7,10,15H2;;/q-4;2*+2. The fourth-order valence-electron chi connectivity index (χ4n) is 6.15. The van der Waals surface area contributed by atoms with Gasteiger partial charge >= 0.3 is 42.1 Å². The Kier molecular flexibility index (Phi) is 9.71. The molecule has 4 heterocycles. The Balaban J connectivity index is 0.00000196. The van der Waals surface area contributed by atoms with Gasteiger partial charge in [-0.1, -0.05) is 47.4 Å². The van der Waals surface area contributed by atoms with Gasteiger partial charge in [0.1, 0.15) is 0 Å². The molecule has 8 aromatic rings. The van der Waals surface area contributed by atoms with Gasteiger partial charge in [-0.3, -0.25) is 0 Å². The molecule has 7 nitrogen and oxygen atoms in total. The Bertz CT molecular complexity index is 2310. The van der Waals surface area contributed by atoms with E-state index in [1.807, 2.05) is 108 Å². The van der Waals surface area contributed by atoms with E-state index < -0.39 is 0 Å². The van der Waals surface area contributed by atoms with Gasteiger partial charge in [-0.05, 0) is 48.3 Å². The van der Waals surface area contributed by atoms with E-state index in [0.29, 0.717) is 28.9 Å². The molecule has 246 valence electrons. The first kappa shape index (κ1) is 33.5. The fraction of sp³-hybridized carbons (Fsp3) is 0.0732. The first-order chi connectivity index (χ1) is 23.7. The van der Waals surface area contributed by atoms with E-state index in [1.54, 1.807) is 12.4 Å². The van der Waals surface area contributed by atoms with Gasteiger partial charge in [-0.2, -0.15) is 22.9 Å². The molecule has 9 rings (SSSR count). The van der Waals surface area contributed by atoms with E-state index in [0.717, 1.165) is 69.3 Å². The van der Waals surface area contributed by atoms with Gasteiger partial charge in [0, 0.05) is 47.3 Å². The van der Waals surface area contributed by atoms with Gasteiger partial charge in [0.15, 0.2) is 0 Å². The molecule has 4 aromatic carbocycles. The molecule has 0 spiro atoms. The van der Waals surface area contributed by atoms with Gasteiger partial charge in [0.2, 0.25) is 5.95 Å². The average Bonchev–Trinajstić information content (AvgIpc) is 3.74. The summed E-state index contributed by atoms with van der Waals surface area (Å²) in [6.45, 7) is 0. The maximum atomic E-state index is 6.32. The monoisotopic (exact) mass is 1010 g/mol. The van der Waals surface area contributed by atoms with E-state index in [2.05, 4.69) is 34.2 Å². The molecule has 0 saturated carbocycles. The zero-order chi connectivity index (χ0) is 31.9. The number of fused-ring (bicyclic) bond motifs is 4. The predicted molar refractivity (Wildman–Crippen MR) is 183 cm³/mol. The zero-order valence-electron chi connectivity index (χ0n) is 26.3. The van der Waals surface area contributed by atoms with Crippen molar-refractivity contribution in [1.82, 2.24) is 24.5 Å². The topological polar surface area (TPSA) is 75.0 Å². The van der Waals surface area contributed by atoms with Crippen LogP contribution in [0.5, 0.6) is 23.0 Å². The molecule has 0 radical (unpaired) electrons. The molecule has 50 heavy (non-hydrogen) atoms. The van der Waals surface area contributed by atoms with Crippen LogP contribution >= 0.6 is 0 Å². The van der Waals surface area contributed by atoms with E-state index in [1.165, 1.54) is 5.56 Å². The van der Waals surface area contributed by atoms with Gasteiger partial charge in [-0.15, -0.1) is 71.8 Å². The second-order valence-electron chi connectivity index (χ2n) is 11.5. The summed E-state index contributed by atoms with van der Waals surface area (Å²) in [7, 11) is 0. The third-order valence-electron chi connectivity index (χ3n) is 8.39. The minimum Gasteiger partial charge on any atom is -0.503 e. The normalized spacial score (nSPS) is 11.8. The second-order valence-corrected chi connectivity index (χ2v) is 11.5. The summed E-state index contributed by atoms with van der Waals surface area (Å²) in [5, 5.41) is 1.94. The smallest absolute Gasteiger partial charge is 0.503 e. The van der Waals surface area contributed by atoms with Crippen LogP contribution in [-0.4, -0.2) is 24.5 Å². The average molecular weight is 1010 g/mol. The van der Waals surface area contributed by atoms with Crippen LogP contribution < -0.4 is 9.47 Å². The SMILES string of the molecule is [Pt+2].[Pt+2].[c-]1c(Oc2[c-]c3c(cc2)c2ccc(Oc4[c-]c(-c5ccccn5)ccc4)[c-]c2n3-c2ncc3c(n2)CCC3)cccc1-c1ccccn1. The minimum absolute atomic E-state index is 0. The molecule has 9 heteroatoms. The maximum Gasteiger partial charge on any atom is 2.00 e. The number of pyridine rings is 2. The van der Waals surface area contributed by atoms with Crippen LogP contribution in [0, 0.1) is 24.3 Å². The van der Waals surface area contributed by atoms with Crippen LogP contribution in [0.4, 0.5) is 0 Å². The van der Waals surface area contributed by atoms with Crippen molar-refractivity contribution in [1.29, 1.82) is 0 Å². The maximum absolute atomic E-state index is 6.32. The molecule has 0 bridgehead atoms. The van der Waals surface area contributed by atoms with Crippen molar-refractivity contribution in [3.8, 4) is 51.5 Å². The van der Waals surface area contributed by atoms with Gasteiger partial charge in [0.25, 0.3) is 0 Å². The number of ether oxygens (including phenoxy) is 2. The summed E-state index contributed by atoms with van der Waals surface area (Å²) in [5.41, 5.74) is 7.18. The molecule has 1 aliphatic carbocycles. The van der Waals surface area contributed by atoms with Crippen molar-refractivity contribution < 1.29 is 51.6 Å². The number of hydrogen-bond donors (Lipinski definition) is 0. The number of benzene rings is 4. The van der Waals surface area contributed by atoms with Crippen LogP contribution in [0.2, 0.25) is 0 Å². The molecule has 0 amide bonds. The Labute approximate surface area is 317 Å². The number of aryl methyl sites for hydroxylation is 2. The molecule has 4 aromatic heterocycles. The molecule has 0 atom stereocenters. The number of rotatable bonds is 7.